The fraction of sp³-hybridized carbons (Fsp3) is 0.625. The van der Waals surface area contributed by atoms with E-state index in [0.29, 0.717) is 18.4 Å². The van der Waals surface area contributed by atoms with Crippen LogP contribution in [-0.2, 0) is 14.2 Å². The van der Waals surface area contributed by atoms with E-state index in [4.69, 9.17) is 14.2 Å². The van der Waals surface area contributed by atoms with E-state index in [0.717, 1.165) is 5.56 Å². The number of fused-ring (bicyclic) bond motifs is 1. The van der Waals surface area contributed by atoms with Gasteiger partial charge in [0.25, 0.3) is 0 Å². The van der Waals surface area contributed by atoms with Crippen molar-refractivity contribution in [2.75, 3.05) is 12.9 Å². The minimum Gasteiger partial charge on any atom is -0.359 e. The van der Waals surface area contributed by atoms with E-state index in [-0.39, 0.29) is 23.9 Å². The average Bonchev–Trinajstić information content (AvgIpc) is 2.51. The first-order valence-electron chi connectivity index (χ1n) is 7.21. The molecule has 0 radical (unpaired) electrons. The van der Waals surface area contributed by atoms with E-state index in [1.165, 1.54) is 0 Å². The van der Waals surface area contributed by atoms with Gasteiger partial charge in [-0.05, 0) is 18.1 Å². The highest BCUT2D eigenvalue weighted by Crippen LogP contribution is 2.41. The van der Waals surface area contributed by atoms with Crippen LogP contribution in [0.15, 0.2) is 30.3 Å². The highest BCUT2D eigenvalue weighted by molar-refractivity contribution is 7.99. The molecule has 3 nitrogen and oxygen atoms in total. The molecule has 1 aromatic carbocycles. The second-order valence-electron chi connectivity index (χ2n) is 5.67. The Morgan fingerprint density at radius 1 is 1.05 bits per heavy atom. The molecule has 1 aromatic rings. The molecule has 20 heavy (non-hydrogen) atoms. The fourth-order valence-electron chi connectivity index (χ4n) is 3.02. The van der Waals surface area contributed by atoms with E-state index >= 15 is 0 Å². The highest BCUT2D eigenvalue weighted by atomic mass is 32.2. The van der Waals surface area contributed by atoms with Gasteiger partial charge in [-0.15, -0.1) is 11.8 Å². The minimum atomic E-state index is -0.262. The Morgan fingerprint density at radius 2 is 1.80 bits per heavy atom. The van der Waals surface area contributed by atoms with Gasteiger partial charge in [0, 0.05) is 5.56 Å². The predicted octanol–water partition coefficient (Wildman–Crippen LogP) is 3.46. The maximum absolute atomic E-state index is 6.20. The summed E-state index contributed by atoms with van der Waals surface area (Å²) in [5.74, 6) is 0.960. The molecule has 4 heteroatoms. The summed E-state index contributed by atoms with van der Waals surface area (Å²) in [5, 5.41) is 0. The molecule has 2 heterocycles. The lowest BCUT2D eigenvalue weighted by atomic mass is 9.85. The molecule has 0 aliphatic carbocycles. The van der Waals surface area contributed by atoms with Gasteiger partial charge in [0.15, 0.2) is 6.29 Å². The Bertz CT molecular complexity index is 437. The topological polar surface area (TPSA) is 27.7 Å². The fourth-order valence-corrected chi connectivity index (χ4v) is 3.96. The molecule has 0 N–H and O–H groups in total. The molecule has 0 spiro atoms. The number of ether oxygens (including phenoxy) is 3. The second-order valence-corrected chi connectivity index (χ2v) is 6.61. The van der Waals surface area contributed by atoms with Gasteiger partial charge in [-0.3, -0.25) is 0 Å². The molecule has 3 rings (SSSR count). The van der Waals surface area contributed by atoms with Gasteiger partial charge in [-0.2, -0.15) is 0 Å². The van der Waals surface area contributed by atoms with Crippen molar-refractivity contribution in [1.82, 2.24) is 0 Å². The van der Waals surface area contributed by atoms with Gasteiger partial charge < -0.3 is 14.2 Å². The van der Waals surface area contributed by atoms with Crippen LogP contribution in [0.1, 0.15) is 25.7 Å². The van der Waals surface area contributed by atoms with Crippen molar-refractivity contribution in [3.05, 3.63) is 35.9 Å². The zero-order chi connectivity index (χ0) is 14.1. The van der Waals surface area contributed by atoms with E-state index in [2.05, 4.69) is 20.1 Å². The maximum Gasteiger partial charge on any atom is 0.184 e. The SMILES string of the molecule is CS[C@@H]1O[C@@H]2COC(c3ccccc3)O[C@@H]2[C@H](C)[C@H]1C. The summed E-state index contributed by atoms with van der Waals surface area (Å²) in [7, 11) is 0. The van der Waals surface area contributed by atoms with E-state index < -0.39 is 0 Å². The van der Waals surface area contributed by atoms with Crippen LogP contribution in [0.2, 0.25) is 0 Å². The zero-order valence-electron chi connectivity index (χ0n) is 12.2. The van der Waals surface area contributed by atoms with Gasteiger partial charge in [0.1, 0.15) is 11.5 Å². The van der Waals surface area contributed by atoms with Crippen molar-refractivity contribution in [3.8, 4) is 0 Å². The van der Waals surface area contributed by atoms with Crippen LogP contribution in [0.5, 0.6) is 0 Å². The summed E-state index contributed by atoms with van der Waals surface area (Å²) in [4.78, 5) is 0. The maximum atomic E-state index is 6.20. The van der Waals surface area contributed by atoms with Crippen LogP contribution in [-0.4, -0.2) is 30.5 Å². The molecule has 2 fully saturated rings. The lowest BCUT2D eigenvalue weighted by Crippen LogP contribution is -2.54. The van der Waals surface area contributed by atoms with Crippen LogP contribution in [0.25, 0.3) is 0 Å². The molecule has 0 saturated carbocycles. The molecule has 2 saturated heterocycles. The molecule has 6 atom stereocenters. The first kappa shape index (κ1) is 14.4. The number of thioether (sulfide) groups is 1. The molecule has 0 bridgehead atoms. The number of benzene rings is 1. The van der Waals surface area contributed by atoms with Crippen LogP contribution in [0.4, 0.5) is 0 Å². The number of hydrogen-bond donors (Lipinski definition) is 0. The number of hydrogen-bond acceptors (Lipinski definition) is 4. The Kier molecular flexibility index (Phi) is 4.36. The molecule has 1 unspecified atom stereocenters. The molecule has 0 amide bonds. The third-order valence-electron chi connectivity index (χ3n) is 4.45. The summed E-state index contributed by atoms with van der Waals surface area (Å²) in [5.41, 5.74) is 1.32. The zero-order valence-corrected chi connectivity index (χ0v) is 13.0. The van der Waals surface area contributed by atoms with Gasteiger partial charge in [0.05, 0.1) is 12.7 Å². The predicted molar refractivity (Wildman–Crippen MR) is 80.5 cm³/mol. The van der Waals surface area contributed by atoms with Crippen molar-refractivity contribution in [2.24, 2.45) is 11.8 Å². The van der Waals surface area contributed by atoms with E-state index in [9.17, 15) is 0 Å². The Morgan fingerprint density at radius 3 is 2.50 bits per heavy atom. The lowest BCUT2D eigenvalue weighted by Gasteiger charge is -2.47. The van der Waals surface area contributed by atoms with Crippen LogP contribution in [0.3, 0.4) is 0 Å². The molecule has 2 aliphatic heterocycles. The Balaban J connectivity index is 1.74. The van der Waals surface area contributed by atoms with Crippen molar-refractivity contribution in [3.63, 3.8) is 0 Å². The molecular weight excluding hydrogens is 272 g/mol. The third kappa shape index (κ3) is 2.62. The highest BCUT2D eigenvalue weighted by Gasteiger charge is 2.45. The standard InChI is InChI=1S/C16H22O3S/c1-10-11(2)16(20-3)18-13-9-17-15(19-14(10)13)12-7-5-4-6-8-12/h4-8,10-11,13-16H,9H2,1-3H3/t10-,11-,13-,14-,15?,16+/m1/s1. The lowest BCUT2D eigenvalue weighted by molar-refractivity contribution is -0.300. The van der Waals surface area contributed by atoms with Crippen molar-refractivity contribution in [2.45, 2.75) is 37.8 Å². The Labute approximate surface area is 125 Å². The minimum absolute atomic E-state index is 0.0543. The van der Waals surface area contributed by atoms with Crippen LogP contribution < -0.4 is 0 Å². The second kappa shape index (κ2) is 6.06. The normalized spacial score (nSPS) is 41.1. The summed E-state index contributed by atoms with van der Waals surface area (Å²) in [6, 6.07) is 10.1. The van der Waals surface area contributed by atoms with Crippen LogP contribution >= 0.6 is 11.8 Å². The largest absolute Gasteiger partial charge is 0.359 e. The Hall–Kier alpha value is -0.550. The average molecular weight is 294 g/mol. The first-order valence-corrected chi connectivity index (χ1v) is 8.49. The smallest absolute Gasteiger partial charge is 0.184 e. The van der Waals surface area contributed by atoms with Gasteiger partial charge in [-0.25, -0.2) is 0 Å². The first-order chi connectivity index (χ1) is 9.70. The summed E-state index contributed by atoms with van der Waals surface area (Å²) in [6.45, 7) is 5.12. The van der Waals surface area contributed by atoms with Crippen molar-refractivity contribution in [1.29, 1.82) is 0 Å². The quantitative estimate of drug-likeness (QED) is 0.835. The van der Waals surface area contributed by atoms with Crippen LogP contribution in [0, 0.1) is 11.8 Å². The van der Waals surface area contributed by atoms with Gasteiger partial charge >= 0.3 is 0 Å². The number of rotatable bonds is 2. The summed E-state index contributed by atoms with van der Waals surface area (Å²) >= 11 is 1.78. The van der Waals surface area contributed by atoms with Gasteiger partial charge in [-0.1, -0.05) is 44.2 Å². The van der Waals surface area contributed by atoms with E-state index in [1.54, 1.807) is 11.8 Å². The monoisotopic (exact) mass is 294 g/mol. The van der Waals surface area contributed by atoms with E-state index in [1.807, 2.05) is 30.3 Å². The van der Waals surface area contributed by atoms with Crippen molar-refractivity contribution >= 4 is 11.8 Å². The van der Waals surface area contributed by atoms with Crippen molar-refractivity contribution < 1.29 is 14.2 Å². The third-order valence-corrected chi connectivity index (χ3v) is 5.45. The molecule has 110 valence electrons. The molecular formula is C16H22O3S. The molecule has 0 aromatic heterocycles. The molecule has 2 aliphatic rings. The summed E-state index contributed by atoms with van der Waals surface area (Å²) < 4.78 is 18.2. The summed E-state index contributed by atoms with van der Waals surface area (Å²) in [6.07, 6.45) is 2.01. The van der Waals surface area contributed by atoms with Gasteiger partial charge in [0.2, 0.25) is 0 Å².